The van der Waals surface area contributed by atoms with Crippen molar-refractivity contribution in [2.24, 2.45) is 0 Å². The molecule has 1 N–H and O–H groups in total. The van der Waals surface area contributed by atoms with E-state index >= 15 is 0 Å². The van der Waals surface area contributed by atoms with Gasteiger partial charge in [0.05, 0.1) is 13.7 Å². The van der Waals surface area contributed by atoms with Crippen LogP contribution in [0.1, 0.15) is 24.8 Å². The molecule has 90 valence electrons. The Bertz CT molecular complexity index is 501. The molecular formula is C15H18O2. The van der Waals surface area contributed by atoms with E-state index in [1.807, 2.05) is 18.2 Å². The van der Waals surface area contributed by atoms with Gasteiger partial charge in [0.1, 0.15) is 5.75 Å². The number of rotatable bonds is 4. The monoisotopic (exact) mass is 230 g/mol. The van der Waals surface area contributed by atoms with Crippen LogP contribution in [0.15, 0.2) is 36.4 Å². The largest absolute Gasteiger partial charge is 0.496 e. The summed E-state index contributed by atoms with van der Waals surface area (Å²) in [6.45, 7) is 2.24. The van der Waals surface area contributed by atoms with Crippen LogP contribution in [0.3, 0.4) is 0 Å². The van der Waals surface area contributed by atoms with E-state index in [0.29, 0.717) is 0 Å². The minimum absolute atomic E-state index is 0.135. The molecule has 0 aliphatic carbocycles. The van der Waals surface area contributed by atoms with Crippen molar-refractivity contribution >= 4 is 10.8 Å². The lowest BCUT2D eigenvalue weighted by atomic mass is 9.91. The van der Waals surface area contributed by atoms with Crippen molar-refractivity contribution in [2.45, 2.75) is 19.3 Å². The Morgan fingerprint density at radius 2 is 1.94 bits per heavy atom. The van der Waals surface area contributed by atoms with Crippen molar-refractivity contribution in [3.8, 4) is 5.75 Å². The Balaban J connectivity index is 2.70. The van der Waals surface area contributed by atoms with Crippen LogP contribution in [0.5, 0.6) is 5.75 Å². The Kier molecular flexibility index (Phi) is 3.64. The Morgan fingerprint density at radius 1 is 1.18 bits per heavy atom. The first kappa shape index (κ1) is 11.9. The molecule has 2 aromatic carbocycles. The van der Waals surface area contributed by atoms with Gasteiger partial charge in [-0.1, -0.05) is 37.3 Å². The molecule has 0 aliphatic rings. The fourth-order valence-corrected chi connectivity index (χ4v) is 2.30. The first-order chi connectivity index (χ1) is 8.31. The second kappa shape index (κ2) is 5.19. The molecule has 0 fully saturated rings. The van der Waals surface area contributed by atoms with Crippen molar-refractivity contribution in [1.82, 2.24) is 0 Å². The Hall–Kier alpha value is -1.54. The number of fused-ring (bicyclic) bond motifs is 1. The molecule has 2 rings (SSSR count). The minimum Gasteiger partial charge on any atom is -0.496 e. The zero-order valence-electron chi connectivity index (χ0n) is 10.3. The molecule has 0 spiro atoms. The number of hydrogen-bond acceptors (Lipinski definition) is 2. The normalized spacial score (nSPS) is 12.6. The van der Waals surface area contributed by atoms with Gasteiger partial charge in [-0.05, 0) is 23.3 Å². The van der Waals surface area contributed by atoms with Crippen LogP contribution in [0.4, 0.5) is 0 Å². The van der Waals surface area contributed by atoms with Crippen LogP contribution in [0, 0.1) is 0 Å². The summed E-state index contributed by atoms with van der Waals surface area (Å²) in [5, 5.41) is 11.9. The molecule has 2 aromatic rings. The number of aliphatic hydroxyl groups is 1. The summed E-state index contributed by atoms with van der Waals surface area (Å²) >= 11 is 0. The lowest BCUT2D eigenvalue weighted by molar-refractivity contribution is 0.260. The highest BCUT2D eigenvalue weighted by Gasteiger charge is 2.16. The summed E-state index contributed by atoms with van der Waals surface area (Å²) in [5.74, 6) is 1.00. The van der Waals surface area contributed by atoms with Gasteiger partial charge in [0.25, 0.3) is 0 Å². The first-order valence-corrected chi connectivity index (χ1v) is 5.98. The minimum atomic E-state index is 0.135. The zero-order chi connectivity index (χ0) is 12.3. The number of aliphatic hydroxyl groups excluding tert-OH is 1. The summed E-state index contributed by atoms with van der Waals surface area (Å²) in [6, 6.07) is 12.3. The second-order valence-corrected chi connectivity index (χ2v) is 4.19. The van der Waals surface area contributed by atoms with Gasteiger partial charge < -0.3 is 9.84 Å². The fourth-order valence-electron chi connectivity index (χ4n) is 2.30. The molecule has 0 bridgehead atoms. The molecule has 0 heterocycles. The maximum atomic E-state index is 9.50. The van der Waals surface area contributed by atoms with Gasteiger partial charge in [0.2, 0.25) is 0 Å². The van der Waals surface area contributed by atoms with Gasteiger partial charge in [-0.2, -0.15) is 0 Å². The van der Waals surface area contributed by atoms with E-state index in [1.165, 1.54) is 10.8 Å². The predicted octanol–water partition coefficient (Wildman–Crippen LogP) is 3.33. The third-order valence-electron chi connectivity index (χ3n) is 3.27. The molecule has 0 radical (unpaired) electrons. The van der Waals surface area contributed by atoms with Gasteiger partial charge >= 0.3 is 0 Å². The molecule has 1 unspecified atom stereocenters. The van der Waals surface area contributed by atoms with E-state index < -0.39 is 0 Å². The second-order valence-electron chi connectivity index (χ2n) is 4.19. The first-order valence-electron chi connectivity index (χ1n) is 5.98. The van der Waals surface area contributed by atoms with Crippen molar-refractivity contribution in [3.63, 3.8) is 0 Å². The highest BCUT2D eigenvalue weighted by Crippen LogP contribution is 2.35. The topological polar surface area (TPSA) is 29.5 Å². The van der Waals surface area contributed by atoms with Crippen molar-refractivity contribution in [2.75, 3.05) is 13.7 Å². The van der Waals surface area contributed by atoms with Crippen LogP contribution >= 0.6 is 0 Å². The van der Waals surface area contributed by atoms with E-state index in [-0.39, 0.29) is 12.5 Å². The van der Waals surface area contributed by atoms with Crippen molar-refractivity contribution in [3.05, 3.63) is 42.0 Å². The van der Waals surface area contributed by atoms with E-state index in [4.69, 9.17) is 4.74 Å². The number of hydrogen-bond donors (Lipinski definition) is 1. The Labute approximate surface area is 102 Å². The molecule has 1 atom stereocenters. The maximum absolute atomic E-state index is 9.50. The highest BCUT2D eigenvalue weighted by molar-refractivity contribution is 5.88. The third kappa shape index (κ3) is 2.13. The summed E-state index contributed by atoms with van der Waals surface area (Å²) in [6.07, 6.45) is 0.904. The summed E-state index contributed by atoms with van der Waals surface area (Å²) in [5.41, 5.74) is 1.12. The molecule has 2 nitrogen and oxygen atoms in total. The quantitative estimate of drug-likeness (QED) is 0.873. The van der Waals surface area contributed by atoms with Crippen LogP contribution in [-0.2, 0) is 0 Å². The molecule has 0 aliphatic heterocycles. The van der Waals surface area contributed by atoms with Crippen LogP contribution in [-0.4, -0.2) is 18.8 Å². The van der Waals surface area contributed by atoms with E-state index in [0.717, 1.165) is 17.7 Å². The summed E-state index contributed by atoms with van der Waals surface area (Å²) in [4.78, 5) is 0. The maximum Gasteiger partial charge on any atom is 0.123 e. The van der Waals surface area contributed by atoms with E-state index in [1.54, 1.807) is 7.11 Å². The molecule has 0 saturated heterocycles. The molecular weight excluding hydrogens is 212 g/mol. The third-order valence-corrected chi connectivity index (χ3v) is 3.27. The van der Waals surface area contributed by atoms with Gasteiger partial charge in [0, 0.05) is 11.5 Å². The summed E-state index contributed by atoms with van der Waals surface area (Å²) < 4.78 is 5.43. The highest BCUT2D eigenvalue weighted by atomic mass is 16.5. The zero-order valence-corrected chi connectivity index (χ0v) is 10.3. The number of benzene rings is 2. The van der Waals surface area contributed by atoms with Gasteiger partial charge in [-0.3, -0.25) is 0 Å². The molecule has 2 heteroatoms. The van der Waals surface area contributed by atoms with Crippen LogP contribution in [0.2, 0.25) is 0 Å². The van der Waals surface area contributed by atoms with Gasteiger partial charge in [-0.25, -0.2) is 0 Å². The standard InChI is InChI=1S/C15H18O2/c1-3-11(10-16)15-13-7-5-4-6-12(13)8-9-14(15)17-2/h4-9,11,16H,3,10H2,1-2H3. The summed E-state index contributed by atoms with van der Waals surface area (Å²) in [7, 11) is 1.68. The Morgan fingerprint density at radius 3 is 2.59 bits per heavy atom. The SMILES string of the molecule is CCC(CO)c1c(OC)ccc2ccccc12. The smallest absolute Gasteiger partial charge is 0.123 e. The van der Waals surface area contributed by atoms with Crippen molar-refractivity contribution < 1.29 is 9.84 Å². The molecule has 0 aromatic heterocycles. The number of methoxy groups -OCH3 is 1. The van der Waals surface area contributed by atoms with Crippen LogP contribution < -0.4 is 4.74 Å². The van der Waals surface area contributed by atoms with Gasteiger partial charge in [-0.15, -0.1) is 0 Å². The molecule has 17 heavy (non-hydrogen) atoms. The number of ether oxygens (including phenoxy) is 1. The van der Waals surface area contributed by atoms with Crippen molar-refractivity contribution in [1.29, 1.82) is 0 Å². The van der Waals surface area contributed by atoms with E-state index in [2.05, 4.69) is 25.1 Å². The lowest BCUT2D eigenvalue weighted by Gasteiger charge is -2.18. The molecule has 0 saturated carbocycles. The predicted molar refractivity (Wildman–Crippen MR) is 70.6 cm³/mol. The fraction of sp³-hybridized carbons (Fsp3) is 0.333. The average Bonchev–Trinajstić information content (AvgIpc) is 2.40. The van der Waals surface area contributed by atoms with Gasteiger partial charge in [0.15, 0.2) is 0 Å². The van der Waals surface area contributed by atoms with E-state index in [9.17, 15) is 5.11 Å². The molecule has 0 amide bonds. The van der Waals surface area contributed by atoms with Crippen LogP contribution in [0.25, 0.3) is 10.8 Å². The average molecular weight is 230 g/mol. The lowest BCUT2D eigenvalue weighted by Crippen LogP contribution is -2.05.